The van der Waals surface area contributed by atoms with E-state index in [9.17, 15) is 23.2 Å². The lowest BCUT2D eigenvalue weighted by atomic mass is 9.83. The van der Waals surface area contributed by atoms with Gasteiger partial charge in [-0.2, -0.15) is 8.42 Å². The Kier molecular flexibility index (Phi) is 5.98. The second-order valence-corrected chi connectivity index (χ2v) is 9.31. The number of halogens is 4. The zero-order chi connectivity index (χ0) is 21.6. The summed E-state index contributed by atoms with van der Waals surface area (Å²) < 4.78 is 34.0. The smallest absolute Gasteiger partial charge is 0.283 e. The van der Waals surface area contributed by atoms with Crippen LogP contribution in [0.5, 0.6) is 11.5 Å². The van der Waals surface area contributed by atoms with Crippen LogP contribution in [0.2, 0.25) is 20.1 Å². The largest absolute Gasteiger partial charge is 0.508 e. The van der Waals surface area contributed by atoms with E-state index in [1.54, 1.807) is 0 Å². The van der Waals surface area contributed by atoms with Gasteiger partial charge in [-0.1, -0.05) is 64.6 Å². The van der Waals surface area contributed by atoms with E-state index in [1.165, 1.54) is 42.5 Å². The summed E-state index contributed by atoms with van der Waals surface area (Å²) in [5, 5.41) is 20.1. The third-order valence-corrected chi connectivity index (χ3v) is 7.20. The second kappa shape index (κ2) is 7.87. The molecule has 0 aliphatic heterocycles. The highest BCUT2D eigenvalue weighted by Crippen LogP contribution is 2.50. The minimum Gasteiger partial charge on any atom is -0.508 e. The first-order valence-electron chi connectivity index (χ1n) is 7.89. The molecular weight excluding hydrogens is 482 g/mol. The van der Waals surface area contributed by atoms with E-state index in [-0.39, 0.29) is 31.8 Å². The Labute approximate surface area is 186 Å². The van der Waals surface area contributed by atoms with Crippen molar-refractivity contribution in [2.24, 2.45) is 0 Å². The summed E-state index contributed by atoms with van der Waals surface area (Å²) in [4.78, 5) is 0. The number of phenolic OH excluding ortho intramolecular Hbond substituents is 2. The van der Waals surface area contributed by atoms with Crippen molar-refractivity contribution in [1.29, 1.82) is 0 Å². The summed E-state index contributed by atoms with van der Waals surface area (Å²) in [5.74, 6) is -1.06. The number of hydrogen-bond donors (Lipinski definition) is 3. The minimum absolute atomic E-state index is 0.00205. The summed E-state index contributed by atoms with van der Waals surface area (Å²) in [6.07, 6.45) is 0. The molecule has 3 aromatic rings. The topological polar surface area (TPSA) is 94.8 Å². The molecule has 0 aromatic heterocycles. The highest BCUT2D eigenvalue weighted by molar-refractivity contribution is 7.87. The lowest BCUT2D eigenvalue weighted by molar-refractivity contribution is 0.444. The molecule has 0 aliphatic carbocycles. The Balaban J connectivity index is 2.60. The van der Waals surface area contributed by atoms with Gasteiger partial charge < -0.3 is 10.2 Å². The third kappa shape index (κ3) is 3.77. The Morgan fingerprint density at radius 1 is 0.793 bits per heavy atom. The van der Waals surface area contributed by atoms with E-state index in [4.69, 9.17) is 46.4 Å². The molecule has 3 rings (SSSR count). The molecule has 5 nitrogen and oxygen atoms in total. The zero-order valence-electron chi connectivity index (χ0n) is 14.3. The van der Waals surface area contributed by atoms with Crippen molar-refractivity contribution in [3.05, 3.63) is 91.4 Å². The summed E-state index contributed by atoms with van der Waals surface area (Å²) >= 11 is 24.4. The molecule has 0 bridgehead atoms. The molecule has 1 atom stereocenters. The van der Waals surface area contributed by atoms with Crippen LogP contribution in [0.3, 0.4) is 0 Å². The van der Waals surface area contributed by atoms with Crippen molar-refractivity contribution in [1.82, 2.24) is 0 Å². The van der Waals surface area contributed by atoms with Crippen LogP contribution in [0.15, 0.2) is 54.6 Å². The van der Waals surface area contributed by atoms with E-state index in [0.29, 0.717) is 0 Å². The van der Waals surface area contributed by atoms with Crippen LogP contribution in [-0.4, -0.2) is 23.2 Å². The molecule has 10 heteroatoms. The number of aromatic hydroxyl groups is 2. The highest BCUT2D eigenvalue weighted by atomic mass is 35.5. The van der Waals surface area contributed by atoms with Gasteiger partial charge in [0.25, 0.3) is 10.1 Å². The highest BCUT2D eigenvalue weighted by Gasteiger charge is 2.50. The van der Waals surface area contributed by atoms with Gasteiger partial charge in [0.15, 0.2) is 4.75 Å². The maximum absolute atomic E-state index is 13.0. The molecular formula is C19H12Cl4O5S. The quantitative estimate of drug-likeness (QED) is 0.311. The van der Waals surface area contributed by atoms with Gasteiger partial charge in [0.2, 0.25) is 0 Å². The Morgan fingerprint density at radius 2 is 1.45 bits per heavy atom. The second-order valence-electron chi connectivity index (χ2n) is 6.12. The van der Waals surface area contributed by atoms with Gasteiger partial charge >= 0.3 is 0 Å². The number of rotatable bonds is 4. The van der Waals surface area contributed by atoms with Crippen LogP contribution >= 0.6 is 46.4 Å². The van der Waals surface area contributed by atoms with Gasteiger partial charge in [0.05, 0.1) is 15.1 Å². The maximum Gasteiger partial charge on any atom is 0.283 e. The van der Waals surface area contributed by atoms with E-state index < -0.39 is 31.4 Å². The SMILES string of the molecule is O=S(=O)(O)C(c1cccc(Cl)c1)(c1ccc(Cl)c(Cl)c1)c1cc(O)cc(O)c1Cl. The molecule has 3 N–H and O–H groups in total. The Hall–Kier alpha value is -1.67. The van der Waals surface area contributed by atoms with Crippen LogP contribution < -0.4 is 0 Å². The molecule has 3 aromatic carbocycles. The average molecular weight is 494 g/mol. The van der Waals surface area contributed by atoms with Gasteiger partial charge in [-0.05, 0) is 41.5 Å². The molecule has 0 saturated carbocycles. The molecule has 0 fully saturated rings. The molecule has 29 heavy (non-hydrogen) atoms. The van der Waals surface area contributed by atoms with Crippen molar-refractivity contribution >= 4 is 56.5 Å². The lowest BCUT2D eigenvalue weighted by Gasteiger charge is -2.33. The third-order valence-electron chi connectivity index (χ3n) is 4.36. The van der Waals surface area contributed by atoms with Gasteiger partial charge in [0.1, 0.15) is 11.5 Å². The van der Waals surface area contributed by atoms with Gasteiger partial charge in [-0.25, -0.2) is 0 Å². The lowest BCUT2D eigenvalue weighted by Crippen LogP contribution is -2.38. The van der Waals surface area contributed by atoms with Crippen molar-refractivity contribution < 1.29 is 23.2 Å². The van der Waals surface area contributed by atoms with Crippen LogP contribution in [-0.2, 0) is 14.9 Å². The standard InChI is InChI=1S/C19H12Cl4O5S/c20-12-3-1-2-10(6-12)19(29(26,27)28,11-4-5-15(21)16(22)7-11)14-8-13(24)9-17(25)18(14)23/h1-9,24-25H,(H,26,27,28). The van der Waals surface area contributed by atoms with E-state index in [2.05, 4.69) is 0 Å². The number of phenols is 2. The van der Waals surface area contributed by atoms with Crippen LogP contribution in [0, 0.1) is 0 Å². The van der Waals surface area contributed by atoms with Crippen molar-refractivity contribution in [3.63, 3.8) is 0 Å². The van der Waals surface area contributed by atoms with Crippen molar-refractivity contribution in [2.45, 2.75) is 4.75 Å². The molecule has 1 unspecified atom stereocenters. The van der Waals surface area contributed by atoms with Gasteiger partial charge in [-0.15, -0.1) is 0 Å². The number of benzene rings is 3. The fraction of sp³-hybridized carbons (Fsp3) is 0.0526. The van der Waals surface area contributed by atoms with Crippen LogP contribution in [0.25, 0.3) is 0 Å². The van der Waals surface area contributed by atoms with E-state index in [0.717, 1.165) is 12.1 Å². The first-order chi connectivity index (χ1) is 13.5. The fourth-order valence-electron chi connectivity index (χ4n) is 3.19. The van der Waals surface area contributed by atoms with Crippen LogP contribution in [0.1, 0.15) is 16.7 Å². The predicted molar refractivity (Wildman–Crippen MR) is 114 cm³/mol. The van der Waals surface area contributed by atoms with Gasteiger partial charge in [-0.3, -0.25) is 4.55 Å². The van der Waals surface area contributed by atoms with Crippen molar-refractivity contribution in [3.8, 4) is 11.5 Å². The average Bonchev–Trinajstić information content (AvgIpc) is 2.61. The molecule has 152 valence electrons. The Morgan fingerprint density at radius 3 is 2.03 bits per heavy atom. The molecule has 0 heterocycles. The van der Waals surface area contributed by atoms with E-state index in [1.807, 2.05) is 0 Å². The molecule has 0 saturated heterocycles. The summed E-state index contributed by atoms with van der Waals surface area (Å²) in [6.45, 7) is 0. The first kappa shape index (κ1) is 22.0. The normalized spacial score (nSPS) is 13.8. The molecule has 0 spiro atoms. The minimum atomic E-state index is -5.06. The maximum atomic E-state index is 13.0. The molecule has 0 aliphatic rings. The van der Waals surface area contributed by atoms with E-state index >= 15 is 0 Å². The summed E-state index contributed by atoms with van der Waals surface area (Å²) in [6, 6.07) is 11.6. The molecule has 0 radical (unpaired) electrons. The summed E-state index contributed by atoms with van der Waals surface area (Å²) in [7, 11) is -5.06. The fourth-order valence-corrected chi connectivity index (χ4v) is 5.27. The molecule has 0 amide bonds. The Bertz CT molecular complexity index is 1210. The van der Waals surface area contributed by atoms with Gasteiger partial charge in [0, 0.05) is 16.7 Å². The monoisotopic (exact) mass is 492 g/mol. The number of hydrogen-bond acceptors (Lipinski definition) is 4. The summed E-state index contributed by atoms with van der Waals surface area (Å²) in [5.41, 5.74) is -0.346. The zero-order valence-corrected chi connectivity index (χ0v) is 18.1. The van der Waals surface area contributed by atoms with Crippen LogP contribution in [0.4, 0.5) is 0 Å². The first-order valence-corrected chi connectivity index (χ1v) is 10.8. The van der Waals surface area contributed by atoms with Crippen molar-refractivity contribution in [2.75, 3.05) is 0 Å². The predicted octanol–water partition coefficient (Wildman–Crippen LogP) is 5.89.